The number of carbonyl (C=O) groups is 1. The number of hydrogen-bond donors (Lipinski definition) is 3. The number of aromatic amines is 1. The fraction of sp³-hybridized carbons (Fsp3) is 0.500. The molecule has 8 nitrogen and oxygen atoms in total. The second-order valence-electron chi connectivity index (χ2n) is 4.87. The molecule has 3 rings (SSSR count). The van der Waals surface area contributed by atoms with E-state index >= 15 is 0 Å². The van der Waals surface area contributed by atoms with Gasteiger partial charge in [0.2, 0.25) is 11.9 Å². The maximum Gasteiger partial charge on any atom is 0.240 e. The van der Waals surface area contributed by atoms with Crippen LogP contribution in [0.15, 0.2) is 6.33 Å². The van der Waals surface area contributed by atoms with Crippen LogP contribution in [0.5, 0.6) is 0 Å². The molecule has 0 spiro atoms. The zero-order chi connectivity index (χ0) is 14.7. The minimum Gasteiger partial charge on any atom is -0.341 e. The topological polar surface area (TPSA) is 98.8 Å². The SMILES string of the molecule is O=C(CN1CCCNCC1)Nc1nc(Cl)c2[nH]cnc2n1. The van der Waals surface area contributed by atoms with Gasteiger partial charge in [-0.2, -0.15) is 9.97 Å². The number of rotatable bonds is 3. The van der Waals surface area contributed by atoms with Gasteiger partial charge in [0.1, 0.15) is 5.52 Å². The van der Waals surface area contributed by atoms with Gasteiger partial charge in [-0.15, -0.1) is 0 Å². The Labute approximate surface area is 126 Å². The fourth-order valence-electron chi connectivity index (χ4n) is 2.28. The maximum atomic E-state index is 12.1. The second-order valence-corrected chi connectivity index (χ2v) is 5.23. The number of H-pyrrole nitrogens is 1. The van der Waals surface area contributed by atoms with Gasteiger partial charge in [0, 0.05) is 13.1 Å². The predicted molar refractivity (Wildman–Crippen MR) is 79.3 cm³/mol. The molecule has 0 radical (unpaired) electrons. The average molecular weight is 310 g/mol. The molecule has 3 heterocycles. The van der Waals surface area contributed by atoms with Crippen LogP contribution >= 0.6 is 11.6 Å². The van der Waals surface area contributed by atoms with Crippen LogP contribution in [0.1, 0.15) is 6.42 Å². The summed E-state index contributed by atoms with van der Waals surface area (Å²) in [6.07, 6.45) is 2.52. The first-order valence-electron chi connectivity index (χ1n) is 6.82. The van der Waals surface area contributed by atoms with E-state index in [-0.39, 0.29) is 17.0 Å². The molecule has 0 aromatic carbocycles. The number of imidazole rings is 1. The maximum absolute atomic E-state index is 12.1. The smallest absolute Gasteiger partial charge is 0.240 e. The lowest BCUT2D eigenvalue weighted by Crippen LogP contribution is -2.36. The third-order valence-corrected chi connectivity index (χ3v) is 3.57. The van der Waals surface area contributed by atoms with Gasteiger partial charge in [0.05, 0.1) is 12.9 Å². The van der Waals surface area contributed by atoms with E-state index in [9.17, 15) is 4.79 Å². The van der Waals surface area contributed by atoms with Gasteiger partial charge in [0.15, 0.2) is 10.8 Å². The lowest BCUT2D eigenvalue weighted by atomic mass is 10.4. The summed E-state index contributed by atoms with van der Waals surface area (Å²) in [5, 5.41) is 6.21. The standard InChI is InChI=1S/C12H16ClN7O/c13-10-9-11(16-7-15-9)19-12(18-10)17-8(21)6-20-4-1-2-14-3-5-20/h7,14H,1-6H2,(H2,15,16,17,18,19,21). The Morgan fingerprint density at radius 1 is 1.38 bits per heavy atom. The summed E-state index contributed by atoms with van der Waals surface area (Å²) in [7, 11) is 0. The highest BCUT2D eigenvalue weighted by Gasteiger charge is 2.15. The van der Waals surface area contributed by atoms with E-state index in [4.69, 9.17) is 11.6 Å². The molecule has 0 unspecified atom stereocenters. The van der Waals surface area contributed by atoms with Gasteiger partial charge >= 0.3 is 0 Å². The van der Waals surface area contributed by atoms with Crippen LogP contribution in [0.25, 0.3) is 11.2 Å². The van der Waals surface area contributed by atoms with Crippen LogP contribution in [0, 0.1) is 0 Å². The van der Waals surface area contributed by atoms with Crippen molar-refractivity contribution in [2.75, 3.05) is 38.0 Å². The van der Waals surface area contributed by atoms with Crippen LogP contribution in [0.4, 0.5) is 5.95 Å². The Bertz CT molecular complexity index is 636. The number of nitrogens with zero attached hydrogens (tertiary/aromatic N) is 4. The van der Waals surface area contributed by atoms with E-state index < -0.39 is 0 Å². The minimum absolute atomic E-state index is 0.150. The summed E-state index contributed by atoms with van der Waals surface area (Å²) >= 11 is 6.01. The quantitative estimate of drug-likeness (QED) is 0.703. The van der Waals surface area contributed by atoms with Crippen LogP contribution in [0.3, 0.4) is 0 Å². The number of anilines is 1. The van der Waals surface area contributed by atoms with Crippen molar-refractivity contribution < 1.29 is 4.79 Å². The zero-order valence-electron chi connectivity index (χ0n) is 11.4. The minimum atomic E-state index is -0.150. The van der Waals surface area contributed by atoms with Gasteiger partial charge in [-0.05, 0) is 19.5 Å². The monoisotopic (exact) mass is 309 g/mol. The summed E-state index contributed by atoms with van der Waals surface area (Å²) in [6.45, 7) is 3.97. The Balaban J connectivity index is 1.65. The van der Waals surface area contributed by atoms with E-state index in [0.29, 0.717) is 17.7 Å². The summed E-state index contributed by atoms with van der Waals surface area (Å²) in [5.74, 6) is 0.0281. The first-order valence-corrected chi connectivity index (χ1v) is 7.20. The third-order valence-electron chi connectivity index (χ3n) is 3.29. The molecule has 0 aliphatic carbocycles. The average Bonchev–Trinajstić information content (AvgIpc) is 2.77. The van der Waals surface area contributed by atoms with Crippen LogP contribution in [-0.4, -0.2) is 63.5 Å². The molecule has 9 heteroatoms. The fourth-order valence-corrected chi connectivity index (χ4v) is 2.50. The number of hydrogen-bond acceptors (Lipinski definition) is 6. The first kappa shape index (κ1) is 14.2. The van der Waals surface area contributed by atoms with Crippen molar-refractivity contribution in [3.63, 3.8) is 0 Å². The first-order chi connectivity index (χ1) is 10.2. The molecule has 1 aliphatic heterocycles. The molecule has 1 aliphatic rings. The van der Waals surface area contributed by atoms with Crippen LogP contribution in [0.2, 0.25) is 5.15 Å². The molecule has 3 N–H and O–H groups in total. The molecule has 1 saturated heterocycles. The molecule has 0 bridgehead atoms. The Morgan fingerprint density at radius 3 is 3.19 bits per heavy atom. The van der Waals surface area contributed by atoms with Crippen molar-refractivity contribution in [3.8, 4) is 0 Å². The molecule has 0 atom stereocenters. The molecule has 1 fully saturated rings. The Morgan fingerprint density at radius 2 is 2.29 bits per heavy atom. The Hall–Kier alpha value is -1.77. The summed E-state index contributed by atoms with van der Waals surface area (Å²) in [4.78, 5) is 29.2. The summed E-state index contributed by atoms with van der Waals surface area (Å²) in [5.41, 5.74) is 0.998. The highest BCUT2D eigenvalue weighted by atomic mass is 35.5. The lowest BCUT2D eigenvalue weighted by molar-refractivity contribution is -0.117. The van der Waals surface area contributed by atoms with Gasteiger partial charge < -0.3 is 10.3 Å². The van der Waals surface area contributed by atoms with Gasteiger partial charge in [-0.3, -0.25) is 15.0 Å². The largest absolute Gasteiger partial charge is 0.341 e. The number of aromatic nitrogens is 4. The molecular weight excluding hydrogens is 294 g/mol. The molecule has 1 amide bonds. The van der Waals surface area contributed by atoms with E-state index in [1.165, 1.54) is 6.33 Å². The van der Waals surface area contributed by atoms with Gasteiger partial charge in [-0.25, -0.2) is 4.98 Å². The van der Waals surface area contributed by atoms with E-state index in [0.717, 1.165) is 32.6 Å². The van der Waals surface area contributed by atoms with E-state index in [1.807, 2.05) is 0 Å². The number of carbonyl (C=O) groups excluding carboxylic acids is 1. The van der Waals surface area contributed by atoms with Crippen molar-refractivity contribution >= 4 is 34.6 Å². The molecule has 0 saturated carbocycles. The molecule has 2 aromatic heterocycles. The van der Waals surface area contributed by atoms with Crippen LogP contribution in [-0.2, 0) is 4.79 Å². The normalized spacial score (nSPS) is 16.8. The lowest BCUT2D eigenvalue weighted by Gasteiger charge is -2.18. The molecular formula is C12H16ClN7O. The number of fused-ring (bicyclic) bond motifs is 1. The molecule has 21 heavy (non-hydrogen) atoms. The second kappa shape index (κ2) is 6.33. The highest BCUT2D eigenvalue weighted by molar-refractivity contribution is 6.33. The van der Waals surface area contributed by atoms with Gasteiger partial charge in [-0.1, -0.05) is 11.6 Å². The summed E-state index contributed by atoms with van der Waals surface area (Å²) in [6, 6.07) is 0. The number of halogens is 1. The van der Waals surface area contributed by atoms with Crippen molar-refractivity contribution in [1.29, 1.82) is 0 Å². The van der Waals surface area contributed by atoms with E-state index in [2.05, 4.69) is 35.5 Å². The third kappa shape index (κ3) is 3.46. The molecule has 112 valence electrons. The van der Waals surface area contributed by atoms with E-state index in [1.54, 1.807) is 0 Å². The highest BCUT2D eigenvalue weighted by Crippen LogP contribution is 2.18. The van der Waals surface area contributed by atoms with Crippen molar-refractivity contribution in [1.82, 2.24) is 30.2 Å². The number of nitrogens with one attached hydrogen (secondary N) is 3. The van der Waals surface area contributed by atoms with Crippen molar-refractivity contribution in [3.05, 3.63) is 11.5 Å². The van der Waals surface area contributed by atoms with Gasteiger partial charge in [0.25, 0.3) is 0 Å². The summed E-state index contributed by atoms with van der Waals surface area (Å²) < 4.78 is 0. The number of amides is 1. The zero-order valence-corrected chi connectivity index (χ0v) is 12.2. The molecule has 2 aromatic rings. The predicted octanol–water partition coefficient (Wildman–Crippen LogP) is 0.240. The van der Waals surface area contributed by atoms with Crippen molar-refractivity contribution in [2.45, 2.75) is 6.42 Å². The van der Waals surface area contributed by atoms with Crippen LogP contribution < -0.4 is 10.6 Å². The Kier molecular flexibility index (Phi) is 4.28. The van der Waals surface area contributed by atoms with Crippen molar-refractivity contribution in [2.24, 2.45) is 0 Å².